The van der Waals surface area contributed by atoms with E-state index < -0.39 is 60.0 Å². The zero-order valence-electron chi connectivity index (χ0n) is 17.8. The van der Waals surface area contributed by atoms with E-state index in [0.29, 0.717) is 0 Å². The van der Waals surface area contributed by atoms with Crippen LogP contribution in [0.3, 0.4) is 0 Å². The second kappa shape index (κ2) is 10.4. The average molecular weight is 533 g/mol. The number of tetrazole rings is 1. The van der Waals surface area contributed by atoms with Gasteiger partial charge in [-0.1, -0.05) is 11.8 Å². The van der Waals surface area contributed by atoms with Crippen LogP contribution in [0.5, 0.6) is 0 Å². The second-order valence-corrected chi connectivity index (χ2v) is 11.0. The van der Waals surface area contributed by atoms with Crippen molar-refractivity contribution < 1.29 is 38.2 Å². The number of aromatic amines is 1. The minimum atomic E-state index is -4.14. The molecule has 1 saturated heterocycles. The van der Waals surface area contributed by atoms with Crippen molar-refractivity contribution in [3.8, 4) is 6.07 Å². The highest BCUT2D eigenvalue weighted by molar-refractivity contribution is 8.01. The van der Waals surface area contributed by atoms with Gasteiger partial charge in [0.25, 0.3) is 11.6 Å². The Morgan fingerprint density at radius 1 is 1.56 bits per heavy atom. The third-order valence-corrected chi connectivity index (χ3v) is 9.03. The Labute approximate surface area is 201 Å². The zero-order valence-corrected chi connectivity index (χ0v) is 20.4. The minimum absolute atomic E-state index is 0.0109. The lowest BCUT2D eigenvalue weighted by molar-refractivity contribution is -0.192. The molecule has 0 aromatic carbocycles. The van der Waals surface area contributed by atoms with Crippen molar-refractivity contribution in [1.29, 1.82) is 5.26 Å². The maximum atomic E-state index is 13.1. The Morgan fingerprint density at radius 2 is 2.29 bits per heavy atom. The number of carboxylic acids is 1. The summed E-state index contributed by atoms with van der Waals surface area (Å²) < 4.78 is 22.8. The van der Waals surface area contributed by atoms with E-state index in [2.05, 4.69) is 25.9 Å². The highest BCUT2D eigenvalue weighted by atomic mass is 32.2. The number of hydrogen-bond acceptors (Lipinski definition) is 12. The van der Waals surface area contributed by atoms with Gasteiger partial charge in [-0.25, -0.2) is 4.79 Å². The fourth-order valence-corrected chi connectivity index (χ4v) is 7.89. The Morgan fingerprint density at radius 3 is 2.85 bits per heavy atom. The largest absolute Gasteiger partial charge is 0.477 e. The van der Waals surface area contributed by atoms with Crippen LogP contribution >= 0.6 is 31.1 Å². The smallest absolute Gasteiger partial charge is 0.352 e. The van der Waals surface area contributed by atoms with E-state index in [1.54, 1.807) is 6.07 Å². The number of hydrogen-bond donors (Lipinski definition) is 4. The highest BCUT2D eigenvalue weighted by Gasteiger charge is 2.67. The van der Waals surface area contributed by atoms with Crippen LogP contribution in [0.25, 0.3) is 0 Å². The Hall–Kier alpha value is -2.48. The molecule has 1 fully saturated rings. The van der Waals surface area contributed by atoms with Crippen LogP contribution in [-0.2, 0) is 28.2 Å². The third-order valence-electron chi connectivity index (χ3n) is 4.84. The van der Waals surface area contributed by atoms with Gasteiger partial charge >= 0.3 is 13.6 Å². The summed E-state index contributed by atoms with van der Waals surface area (Å²) in [5.41, 5.74) is -2.09. The summed E-state index contributed by atoms with van der Waals surface area (Å²) in [6.45, 7) is 1.50. The zero-order chi connectivity index (χ0) is 25.1. The van der Waals surface area contributed by atoms with Crippen LogP contribution in [0, 0.1) is 11.3 Å². The molecule has 18 heteroatoms. The van der Waals surface area contributed by atoms with Crippen molar-refractivity contribution in [2.45, 2.75) is 34.8 Å². The number of nitriles is 1. The standard InChI is InChI=1S/C16H20N7O8PS2/c1-3-31-32(28,29)6-9(34-15-19-21-22-20-15)8-7-33-14-16(30-2,18-10(24)4-5-17)13(27)23(14)11(8)12(25)26/h9,14H,3-4,6-7H2,1-2H3,(H,18,24)(H,25,26)(H,28,29)(H,19,20,21,22)/t9?,14-,16-/m0/s1. The molecule has 0 aliphatic carbocycles. The van der Waals surface area contributed by atoms with Gasteiger partial charge in [-0.15, -0.1) is 22.0 Å². The summed E-state index contributed by atoms with van der Waals surface area (Å²) in [6, 6.07) is 1.66. The quantitative estimate of drug-likeness (QED) is 0.122. The Bertz CT molecular complexity index is 1090. The SMILES string of the molecule is CCOP(=O)(O)CC(Sc1nn[nH]n1)C1=C(C(=O)O)N2C(=O)[C@](NC(=O)CC#N)(OC)[C@@H]2SC1. The number of aromatic nitrogens is 4. The molecule has 3 heterocycles. The molecular weight excluding hydrogens is 513 g/mol. The summed E-state index contributed by atoms with van der Waals surface area (Å²) in [4.78, 5) is 48.5. The molecular formula is C16H20N7O8PS2. The molecule has 184 valence electrons. The fourth-order valence-electron chi connectivity index (χ4n) is 3.48. The molecule has 15 nitrogen and oxygen atoms in total. The summed E-state index contributed by atoms with van der Waals surface area (Å²) >= 11 is 1.98. The fraction of sp³-hybridized carbons (Fsp3) is 0.562. The van der Waals surface area contributed by atoms with Crippen molar-refractivity contribution in [1.82, 2.24) is 30.8 Å². The summed E-state index contributed by atoms with van der Waals surface area (Å²) in [7, 11) is -2.96. The van der Waals surface area contributed by atoms with E-state index in [0.717, 1.165) is 28.4 Å². The lowest BCUT2D eigenvalue weighted by atomic mass is 9.97. The number of methoxy groups -OCH3 is 1. The van der Waals surface area contributed by atoms with Crippen molar-refractivity contribution >= 4 is 48.9 Å². The molecule has 0 bridgehead atoms. The number of thioether (sulfide) groups is 2. The predicted octanol–water partition coefficient (Wildman–Crippen LogP) is -0.491. The molecule has 2 aliphatic rings. The van der Waals surface area contributed by atoms with Crippen molar-refractivity contribution in [2.24, 2.45) is 0 Å². The van der Waals surface area contributed by atoms with Crippen LogP contribution in [0.15, 0.2) is 16.4 Å². The predicted molar refractivity (Wildman–Crippen MR) is 116 cm³/mol. The molecule has 4 N–H and O–H groups in total. The van der Waals surface area contributed by atoms with E-state index >= 15 is 0 Å². The summed E-state index contributed by atoms with van der Waals surface area (Å²) in [6.07, 6.45) is -0.997. The number of carboxylic acid groups (broad SMARTS) is 1. The summed E-state index contributed by atoms with van der Waals surface area (Å²) in [5.74, 6) is -3.05. The molecule has 2 amide bonds. The first kappa shape index (κ1) is 26.1. The number of nitrogens with zero attached hydrogens (tertiary/aromatic N) is 5. The van der Waals surface area contributed by atoms with Crippen LogP contribution in [-0.4, -0.2) is 95.3 Å². The van der Waals surface area contributed by atoms with Gasteiger partial charge in [0, 0.05) is 18.1 Å². The molecule has 0 saturated carbocycles. The molecule has 0 spiro atoms. The average Bonchev–Trinajstić information content (AvgIpc) is 3.28. The van der Waals surface area contributed by atoms with Gasteiger partial charge in [0.1, 0.15) is 17.5 Å². The van der Waals surface area contributed by atoms with Gasteiger partial charge in [0.15, 0.2) is 0 Å². The minimum Gasteiger partial charge on any atom is -0.477 e. The van der Waals surface area contributed by atoms with Gasteiger partial charge in [-0.2, -0.15) is 10.5 Å². The van der Waals surface area contributed by atoms with E-state index in [1.165, 1.54) is 14.0 Å². The monoisotopic (exact) mass is 533 g/mol. The molecule has 2 aliphatic heterocycles. The number of aliphatic carboxylic acids is 1. The lowest BCUT2D eigenvalue weighted by Gasteiger charge is -2.56. The molecule has 4 atom stereocenters. The maximum absolute atomic E-state index is 13.1. The number of rotatable bonds is 11. The first-order chi connectivity index (χ1) is 16.1. The molecule has 0 radical (unpaired) electrons. The van der Waals surface area contributed by atoms with Crippen molar-refractivity contribution in [3.63, 3.8) is 0 Å². The number of fused-ring (bicyclic) bond motifs is 1. The van der Waals surface area contributed by atoms with E-state index in [9.17, 15) is 28.9 Å². The normalized spacial score (nSPS) is 24.5. The van der Waals surface area contributed by atoms with Crippen LogP contribution in [0.4, 0.5) is 0 Å². The van der Waals surface area contributed by atoms with Gasteiger partial charge in [-0.3, -0.25) is 19.1 Å². The number of β-lactam (4-membered cyclic amide) rings is 1. The van der Waals surface area contributed by atoms with Gasteiger partial charge in [0.2, 0.25) is 11.1 Å². The molecule has 2 unspecified atom stereocenters. The van der Waals surface area contributed by atoms with Crippen LogP contribution in [0.1, 0.15) is 13.3 Å². The maximum Gasteiger partial charge on any atom is 0.352 e. The molecule has 34 heavy (non-hydrogen) atoms. The van der Waals surface area contributed by atoms with Crippen molar-refractivity contribution in [3.05, 3.63) is 11.3 Å². The second-order valence-electron chi connectivity index (χ2n) is 6.88. The third kappa shape index (κ3) is 4.97. The van der Waals surface area contributed by atoms with Crippen molar-refractivity contribution in [2.75, 3.05) is 25.6 Å². The van der Waals surface area contributed by atoms with Gasteiger partial charge in [0.05, 0.1) is 18.8 Å². The lowest BCUT2D eigenvalue weighted by Crippen LogP contribution is -2.80. The van der Waals surface area contributed by atoms with Crippen LogP contribution in [0.2, 0.25) is 0 Å². The van der Waals surface area contributed by atoms with Crippen LogP contribution < -0.4 is 5.32 Å². The molecule has 1 aromatic heterocycles. The van der Waals surface area contributed by atoms with Gasteiger partial charge in [-0.05, 0) is 17.7 Å². The Balaban J connectivity index is 2.00. The first-order valence-corrected chi connectivity index (χ1v) is 13.3. The summed E-state index contributed by atoms with van der Waals surface area (Å²) in [5, 5.41) is 32.5. The van der Waals surface area contributed by atoms with E-state index in [-0.39, 0.29) is 23.1 Å². The number of carbonyl (C=O) groups is 3. The number of carbonyl (C=O) groups excluding carboxylic acids is 2. The number of nitrogens with one attached hydrogen (secondary N) is 2. The molecule has 3 rings (SSSR count). The number of H-pyrrole nitrogens is 1. The molecule has 1 aromatic rings. The highest BCUT2D eigenvalue weighted by Crippen LogP contribution is 2.52. The topological polar surface area (TPSA) is 221 Å². The Kier molecular flexibility index (Phi) is 8.01. The number of ether oxygens (including phenoxy) is 1. The van der Waals surface area contributed by atoms with Gasteiger partial charge < -0.3 is 24.6 Å². The first-order valence-electron chi connectivity index (χ1n) is 9.61. The van der Waals surface area contributed by atoms with E-state index in [1.807, 2.05) is 0 Å². The number of amides is 2. The van der Waals surface area contributed by atoms with E-state index in [4.69, 9.17) is 14.5 Å².